The van der Waals surface area contributed by atoms with E-state index in [4.69, 9.17) is 0 Å². The molecule has 1 aliphatic heterocycles. The molecule has 0 atom stereocenters. The van der Waals surface area contributed by atoms with E-state index in [2.05, 4.69) is 27.2 Å². The number of hydrogen-bond donors (Lipinski definition) is 0. The second-order valence-electron chi connectivity index (χ2n) is 7.04. The number of nitrogens with zero attached hydrogens (tertiary/aromatic N) is 6. The predicted molar refractivity (Wildman–Crippen MR) is 105 cm³/mol. The third-order valence-corrected chi connectivity index (χ3v) is 5.91. The summed E-state index contributed by atoms with van der Waals surface area (Å²) >= 11 is 1.41. The maximum atomic E-state index is 12.5. The molecule has 1 saturated heterocycles. The standard InChI is InChI=1S/C19H22N6OS/c1-13-3-5-15(6-4-13)25-18-17(22-23-25)19(21-12-20-18)27-11-16(26)24-9-7-14(2)8-10-24/h3-6,12,14H,7-11H2,1-2H3. The molecule has 0 unspecified atom stereocenters. The van der Waals surface area contributed by atoms with Crippen LogP contribution in [0.1, 0.15) is 25.3 Å². The molecule has 8 heteroatoms. The van der Waals surface area contributed by atoms with E-state index in [0.717, 1.165) is 31.6 Å². The first-order valence-electron chi connectivity index (χ1n) is 9.16. The number of carbonyl (C=O) groups excluding carboxylic acids is 1. The number of rotatable bonds is 4. The lowest BCUT2D eigenvalue weighted by molar-refractivity contribution is -0.129. The van der Waals surface area contributed by atoms with Gasteiger partial charge in [0.05, 0.1) is 11.4 Å². The molecule has 7 nitrogen and oxygen atoms in total. The van der Waals surface area contributed by atoms with Gasteiger partial charge in [0.1, 0.15) is 11.4 Å². The number of hydrogen-bond acceptors (Lipinski definition) is 6. The summed E-state index contributed by atoms with van der Waals surface area (Å²) in [6, 6.07) is 8.02. The summed E-state index contributed by atoms with van der Waals surface area (Å²) in [5, 5.41) is 9.19. The van der Waals surface area contributed by atoms with Gasteiger partial charge in [0.2, 0.25) is 5.91 Å². The molecule has 1 fully saturated rings. The number of benzene rings is 1. The van der Waals surface area contributed by atoms with Crippen molar-refractivity contribution in [2.45, 2.75) is 31.7 Å². The molecular weight excluding hydrogens is 360 g/mol. The number of likely N-dealkylation sites (tertiary alicyclic amines) is 1. The summed E-state index contributed by atoms with van der Waals surface area (Å²) in [6.45, 7) is 5.98. The van der Waals surface area contributed by atoms with Gasteiger partial charge in [0.15, 0.2) is 11.2 Å². The van der Waals surface area contributed by atoms with Crippen LogP contribution in [0.4, 0.5) is 0 Å². The molecular formula is C19H22N6OS. The van der Waals surface area contributed by atoms with Gasteiger partial charge >= 0.3 is 0 Å². The van der Waals surface area contributed by atoms with Gasteiger partial charge in [-0.25, -0.2) is 9.97 Å². The molecule has 0 bridgehead atoms. The number of amides is 1. The summed E-state index contributed by atoms with van der Waals surface area (Å²) in [4.78, 5) is 23.1. The molecule has 0 saturated carbocycles. The normalized spacial score (nSPS) is 15.4. The van der Waals surface area contributed by atoms with Crippen molar-refractivity contribution in [3.8, 4) is 5.69 Å². The quantitative estimate of drug-likeness (QED) is 0.510. The minimum atomic E-state index is 0.157. The van der Waals surface area contributed by atoms with Crippen molar-refractivity contribution in [1.82, 2.24) is 29.9 Å². The fourth-order valence-corrected chi connectivity index (χ4v) is 4.01. The van der Waals surface area contributed by atoms with Crippen molar-refractivity contribution in [2.24, 2.45) is 5.92 Å². The fourth-order valence-electron chi connectivity index (χ4n) is 3.17. The van der Waals surface area contributed by atoms with Crippen LogP contribution in [-0.4, -0.2) is 54.6 Å². The Kier molecular flexibility index (Phi) is 5.07. The molecule has 2 aromatic heterocycles. The van der Waals surface area contributed by atoms with Crippen molar-refractivity contribution in [3.05, 3.63) is 36.2 Å². The van der Waals surface area contributed by atoms with Gasteiger partial charge in [-0.3, -0.25) is 4.79 Å². The number of fused-ring (bicyclic) bond motifs is 1. The summed E-state index contributed by atoms with van der Waals surface area (Å²) in [5.74, 6) is 1.22. The number of aromatic nitrogens is 5. The van der Waals surface area contributed by atoms with Gasteiger partial charge < -0.3 is 4.90 Å². The van der Waals surface area contributed by atoms with Crippen molar-refractivity contribution in [2.75, 3.05) is 18.8 Å². The Balaban J connectivity index is 1.51. The zero-order valence-corrected chi connectivity index (χ0v) is 16.3. The molecule has 0 radical (unpaired) electrons. The van der Waals surface area contributed by atoms with Crippen LogP contribution in [-0.2, 0) is 4.79 Å². The van der Waals surface area contributed by atoms with Gasteiger partial charge in [-0.2, -0.15) is 4.68 Å². The van der Waals surface area contributed by atoms with E-state index < -0.39 is 0 Å². The predicted octanol–water partition coefficient (Wildman–Crippen LogP) is 2.87. The highest BCUT2D eigenvalue weighted by molar-refractivity contribution is 8.00. The van der Waals surface area contributed by atoms with Gasteiger partial charge in [0, 0.05) is 13.1 Å². The monoisotopic (exact) mass is 382 g/mol. The highest BCUT2D eigenvalue weighted by Crippen LogP contribution is 2.25. The van der Waals surface area contributed by atoms with Crippen LogP contribution in [0.3, 0.4) is 0 Å². The van der Waals surface area contributed by atoms with Crippen molar-refractivity contribution >= 4 is 28.8 Å². The maximum absolute atomic E-state index is 12.5. The van der Waals surface area contributed by atoms with E-state index in [1.54, 1.807) is 4.68 Å². The molecule has 140 valence electrons. The number of piperidine rings is 1. The molecule has 1 aliphatic rings. The van der Waals surface area contributed by atoms with Crippen LogP contribution >= 0.6 is 11.8 Å². The Morgan fingerprint density at radius 1 is 1.19 bits per heavy atom. The second-order valence-corrected chi connectivity index (χ2v) is 8.00. The van der Waals surface area contributed by atoms with E-state index in [-0.39, 0.29) is 5.91 Å². The van der Waals surface area contributed by atoms with Crippen LogP contribution < -0.4 is 0 Å². The Hall–Kier alpha value is -2.48. The zero-order valence-electron chi connectivity index (χ0n) is 15.5. The average molecular weight is 382 g/mol. The molecule has 3 aromatic rings. The molecule has 4 rings (SSSR count). The highest BCUT2D eigenvalue weighted by atomic mass is 32.2. The van der Waals surface area contributed by atoms with Gasteiger partial charge in [0.25, 0.3) is 0 Å². The Morgan fingerprint density at radius 2 is 1.93 bits per heavy atom. The van der Waals surface area contributed by atoms with Crippen LogP contribution in [0.15, 0.2) is 35.6 Å². The molecule has 0 aliphatic carbocycles. The van der Waals surface area contributed by atoms with E-state index in [1.807, 2.05) is 36.1 Å². The lowest BCUT2D eigenvalue weighted by atomic mass is 9.99. The first kappa shape index (κ1) is 17.9. The molecule has 27 heavy (non-hydrogen) atoms. The lowest BCUT2D eigenvalue weighted by Gasteiger charge is -2.30. The van der Waals surface area contributed by atoms with Gasteiger partial charge in [-0.1, -0.05) is 41.6 Å². The van der Waals surface area contributed by atoms with Crippen molar-refractivity contribution in [1.29, 1.82) is 0 Å². The number of thioether (sulfide) groups is 1. The molecule has 1 amide bonds. The first-order chi connectivity index (χ1) is 13.1. The van der Waals surface area contributed by atoms with Gasteiger partial charge in [-0.05, 0) is 37.8 Å². The van der Waals surface area contributed by atoms with E-state index in [9.17, 15) is 4.79 Å². The fraction of sp³-hybridized carbons (Fsp3) is 0.421. The molecule has 0 spiro atoms. The zero-order chi connectivity index (χ0) is 18.8. The maximum Gasteiger partial charge on any atom is 0.232 e. The Labute approximate surface area is 162 Å². The van der Waals surface area contributed by atoms with E-state index >= 15 is 0 Å². The third kappa shape index (κ3) is 3.80. The third-order valence-electron chi connectivity index (χ3n) is 4.95. The molecule has 1 aromatic carbocycles. The van der Waals surface area contributed by atoms with E-state index in [0.29, 0.717) is 27.9 Å². The summed E-state index contributed by atoms with van der Waals surface area (Å²) in [5.41, 5.74) is 3.36. The largest absolute Gasteiger partial charge is 0.342 e. The van der Waals surface area contributed by atoms with Crippen molar-refractivity contribution in [3.63, 3.8) is 0 Å². The lowest BCUT2D eigenvalue weighted by Crippen LogP contribution is -2.38. The molecule has 0 N–H and O–H groups in total. The average Bonchev–Trinajstić information content (AvgIpc) is 3.12. The first-order valence-corrected chi connectivity index (χ1v) is 10.1. The Morgan fingerprint density at radius 3 is 2.67 bits per heavy atom. The van der Waals surface area contributed by atoms with Crippen LogP contribution in [0.5, 0.6) is 0 Å². The minimum Gasteiger partial charge on any atom is -0.342 e. The summed E-state index contributed by atoms with van der Waals surface area (Å²) in [6.07, 6.45) is 3.67. The van der Waals surface area contributed by atoms with Crippen LogP contribution in [0.25, 0.3) is 16.9 Å². The highest BCUT2D eigenvalue weighted by Gasteiger charge is 2.21. The summed E-state index contributed by atoms with van der Waals surface area (Å²) in [7, 11) is 0. The minimum absolute atomic E-state index is 0.157. The van der Waals surface area contributed by atoms with E-state index in [1.165, 1.54) is 23.7 Å². The van der Waals surface area contributed by atoms with Crippen LogP contribution in [0.2, 0.25) is 0 Å². The summed E-state index contributed by atoms with van der Waals surface area (Å²) < 4.78 is 1.70. The number of aryl methyl sites for hydroxylation is 1. The van der Waals surface area contributed by atoms with Gasteiger partial charge in [-0.15, -0.1) is 5.10 Å². The SMILES string of the molecule is Cc1ccc(-n2nnc3c(SCC(=O)N4CCC(C)CC4)ncnc32)cc1. The number of carbonyl (C=O) groups is 1. The van der Waals surface area contributed by atoms with Crippen molar-refractivity contribution < 1.29 is 4.79 Å². The Bertz CT molecular complexity index is 946. The smallest absolute Gasteiger partial charge is 0.232 e. The van der Waals surface area contributed by atoms with Crippen LogP contribution in [0, 0.1) is 12.8 Å². The molecule has 3 heterocycles. The second kappa shape index (κ2) is 7.64. The topological polar surface area (TPSA) is 76.8 Å².